The first-order valence-electron chi connectivity index (χ1n) is 10.6. The van der Waals surface area contributed by atoms with Crippen LogP contribution in [-0.2, 0) is 16.1 Å². The summed E-state index contributed by atoms with van der Waals surface area (Å²) >= 11 is 0. The molecule has 1 fully saturated rings. The maximum absolute atomic E-state index is 13.2. The van der Waals surface area contributed by atoms with E-state index in [9.17, 15) is 9.59 Å². The number of carbonyl (C=O) groups excluding carboxylic acids is 2. The van der Waals surface area contributed by atoms with Crippen LogP contribution in [0.15, 0.2) is 54.6 Å². The van der Waals surface area contributed by atoms with Gasteiger partial charge in [-0.15, -0.1) is 0 Å². The molecule has 5 nitrogen and oxygen atoms in total. The molecule has 5 heteroatoms. The number of fused-ring (bicyclic) bond motifs is 1. The van der Waals surface area contributed by atoms with Crippen LogP contribution in [0.5, 0.6) is 0 Å². The highest BCUT2D eigenvalue weighted by Crippen LogP contribution is 2.34. The average Bonchev–Trinajstić information content (AvgIpc) is 3.09. The van der Waals surface area contributed by atoms with Crippen molar-refractivity contribution in [2.24, 2.45) is 5.92 Å². The highest BCUT2D eigenvalue weighted by atomic mass is 16.2. The number of benzene rings is 2. The maximum atomic E-state index is 13.2. The quantitative estimate of drug-likeness (QED) is 0.781. The number of rotatable bonds is 5. The van der Waals surface area contributed by atoms with Gasteiger partial charge in [-0.2, -0.15) is 0 Å². The zero-order valence-corrected chi connectivity index (χ0v) is 17.1. The Labute approximate surface area is 172 Å². The van der Waals surface area contributed by atoms with Gasteiger partial charge in [0.25, 0.3) is 0 Å². The van der Waals surface area contributed by atoms with E-state index in [0.29, 0.717) is 31.8 Å². The molecule has 2 aliphatic heterocycles. The predicted molar refractivity (Wildman–Crippen MR) is 116 cm³/mol. The first-order chi connectivity index (χ1) is 14.1. The summed E-state index contributed by atoms with van der Waals surface area (Å²) in [5, 5.41) is 0. The second kappa shape index (κ2) is 8.68. The maximum Gasteiger partial charge on any atom is 0.228 e. The Morgan fingerprint density at radius 1 is 0.966 bits per heavy atom. The highest BCUT2D eigenvalue weighted by Gasteiger charge is 2.29. The standard InChI is InChI=1S/C24H29N3O2/c1-19-16-26(18-20-8-3-2-4-9-20)21-10-5-6-11-22(21)27(17-19)24(29)13-15-25-14-7-12-23(25)28/h2-6,8-11,19H,7,12-18H2,1H3. The van der Waals surface area contributed by atoms with E-state index in [1.54, 1.807) is 0 Å². The Morgan fingerprint density at radius 2 is 1.69 bits per heavy atom. The predicted octanol–water partition coefficient (Wildman–Crippen LogP) is 3.69. The van der Waals surface area contributed by atoms with Crippen LogP contribution in [0.1, 0.15) is 31.7 Å². The Bertz CT molecular complexity index is 867. The summed E-state index contributed by atoms with van der Waals surface area (Å²) in [5.41, 5.74) is 3.35. The first-order valence-corrected chi connectivity index (χ1v) is 10.6. The first kappa shape index (κ1) is 19.5. The SMILES string of the molecule is CC1CN(Cc2ccccc2)c2ccccc2N(C(=O)CCN2CCCC2=O)C1. The molecule has 2 aromatic carbocycles. The minimum absolute atomic E-state index is 0.102. The van der Waals surface area contributed by atoms with Crippen molar-refractivity contribution in [1.82, 2.24) is 4.90 Å². The molecule has 0 N–H and O–H groups in total. The summed E-state index contributed by atoms with van der Waals surface area (Å²) in [4.78, 5) is 31.2. The Hall–Kier alpha value is -2.82. The molecule has 1 saturated heterocycles. The molecule has 29 heavy (non-hydrogen) atoms. The van der Waals surface area contributed by atoms with Gasteiger partial charge in [0.15, 0.2) is 0 Å². The van der Waals surface area contributed by atoms with Crippen molar-refractivity contribution in [2.75, 3.05) is 36.0 Å². The summed E-state index contributed by atoms with van der Waals surface area (Å²) < 4.78 is 0. The van der Waals surface area contributed by atoms with Crippen molar-refractivity contribution in [2.45, 2.75) is 32.7 Å². The lowest BCUT2D eigenvalue weighted by atomic mass is 10.1. The highest BCUT2D eigenvalue weighted by molar-refractivity contribution is 5.97. The van der Waals surface area contributed by atoms with Gasteiger partial charge in [-0.05, 0) is 30.0 Å². The molecular weight excluding hydrogens is 362 g/mol. The van der Waals surface area contributed by atoms with Crippen LogP contribution in [0.25, 0.3) is 0 Å². The lowest BCUT2D eigenvalue weighted by Gasteiger charge is -2.27. The molecule has 0 aromatic heterocycles. The monoisotopic (exact) mass is 391 g/mol. The lowest BCUT2D eigenvalue weighted by Crippen LogP contribution is -2.37. The molecule has 0 spiro atoms. The second-order valence-corrected chi connectivity index (χ2v) is 8.20. The van der Waals surface area contributed by atoms with Gasteiger partial charge < -0.3 is 14.7 Å². The molecule has 1 atom stereocenters. The second-order valence-electron chi connectivity index (χ2n) is 8.20. The van der Waals surface area contributed by atoms with E-state index in [2.05, 4.69) is 42.2 Å². The molecule has 2 aliphatic rings. The fraction of sp³-hybridized carbons (Fsp3) is 0.417. The molecule has 0 bridgehead atoms. The van der Waals surface area contributed by atoms with Crippen molar-refractivity contribution >= 4 is 23.2 Å². The summed E-state index contributed by atoms with van der Waals surface area (Å²) in [5.74, 6) is 0.630. The average molecular weight is 392 g/mol. The summed E-state index contributed by atoms with van der Waals surface area (Å²) in [6.45, 7) is 5.94. The van der Waals surface area contributed by atoms with Gasteiger partial charge in [0, 0.05) is 45.6 Å². The number of nitrogens with zero attached hydrogens (tertiary/aromatic N) is 3. The van der Waals surface area contributed by atoms with Gasteiger partial charge in [-0.25, -0.2) is 0 Å². The van der Waals surface area contributed by atoms with Crippen LogP contribution in [0.4, 0.5) is 11.4 Å². The number of carbonyl (C=O) groups is 2. The number of likely N-dealkylation sites (tertiary alicyclic amines) is 1. The van der Waals surface area contributed by atoms with Gasteiger partial charge in [0.05, 0.1) is 11.4 Å². The molecule has 4 rings (SSSR count). The largest absolute Gasteiger partial charge is 0.365 e. The summed E-state index contributed by atoms with van der Waals surface area (Å²) in [6, 6.07) is 18.7. The summed E-state index contributed by atoms with van der Waals surface area (Å²) in [6.07, 6.45) is 1.91. The molecule has 152 valence electrons. The molecular formula is C24H29N3O2. The van der Waals surface area contributed by atoms with Gasteiger partial charge in [-0.3, -0.25) is 9.59 Å². The van der Waals surface area contributed by atoms with Crippen molar-refractivity contribution < 1.29 is 9.59 Å². The molecule has 2 heterocycles. The third-order valence-electron chi connectivity index (χ3n) is 5.82. The zero-order valence-electron chi connectivity index (χ0n) is 17.1. The lowest BCUT2D eigenvalue weighted by molar-refractivity contribution is -0.128. The van der Waals surface area contributed by atoms with E-state index >= 15 is 0 Å². The van der Waals surface area contributed by atoms with Gasteiger partial charge in [0.1, 0.15) is 0 Å². The number of hydrogen-bond donors (Lipinski definition) is 0. The molecule has 0 aliphatic carbocycles. The molecule has 0 saturated carbocycles. The zero-order chi connectivity index (χ0) is 20.2. The Kier molecular flexibility index (Phi) is 5.84. The molecule has 1 unspecified atom stereocenters. The fourth-order valence-corrected chi connectivity index (χ4v) is 4.40. The van der Waals surface area contributed by atoms with E-state index in [1.165, 1.54) is 5.56 Å². The van der Waals surface area contributed by atoms with Crippen LogP contribution < -0.4 is 9.80 Å². The van der Waals surface area contributed by atoms with Crippen LogP contribution in [-0.4, -0.2) is 42.9 Å². The molecule has 0 radical (unpaired) electrons. The fourth-order valence-electron chi connectivity index (χ4n) is 4.40. The van der Waals surface area contributed by atoms with E-state index < -0.39 is 0 Å². The number of anilines is 2. The minimum atomic E-state index is 0.102. The van der Waals surface area contributed by atoms with Gasteiger partial charge in [-0.1, -0.05) is 49.4 Å². The number of amides is 2. The van der Waals surface area contributed by atoms with Crippen molar-refractivity contribution in [3.8, 4) is 0 Å². The number of hydrogen-bond acceptors (Lipinski definition) is 3. The topological polar surface area (TPSA) is 43.9 Å². The van der Waals surface area contributed by atoms with Crippen LogP contribution >= 0.6 is 0 Å². The molecule has 2 aromatic rings. The normalized spacial score (nSPS) is 19.3. The van der Waals surface area contributed by atoms with Crippen molar-refractivity contribution in [3.63, 3.8) is 0 Å². The summed E-state index contributed by atoms with van der Waals surface area (Å²) in [7, 11) is 0. The minimum Gasteiger partial charge on any atom is -0.365 e. The Balaban J connectivity index is 1.55. The van der Waals surface area contributed by atoms with Crippen LogP contribution in [0.2, 0.25) is 0 Å². The third kappa shape index (κ3) is 4.44. The smallest absolute Gasteiger partial charge is 0.228 e. The van der Waals surface area contributed by atoms with Gasteiger partial charge in [0.2, 0.25) is 11.8 Å². The van der Waals surface area contributed by atoms with E-state index in [1.807, 2.05) is 34.1 Å². The van der Waals surface area contributed by atoms with E-state index in [4.69, 9.17) is 0 Å². The van der Waals surface area contributed by atoms with E-state index in [-0.39, 0.29) is 11.8 Å². The van der Waals surface area contributed by atoms with Crippen LogP contribution in [0, 0.1) is 5.92 Å². The third-order valence-corrected chi connectivity index (χ3v) is 5.82. The molecule has 2 amide bonds. The number of para-hydroxylation sites is 2. The van der Waals surface area contributed by atoms with Gasteiger partial charge >= 0.3 is 0 Å². The Morgan fingerprint density at radius 3 is 2.41 bits per heavy atom. The van der Waals surface area contributed by atoms with Crippen LogP contribution in [0.3, 0.4) is 0 Å². The van der Waals surface area contributed by atoms with E-state index in [0.717, 1.165) is 37.4 Å². The van der Waals surface area contributed by atoms with Crippen molar-refractivity contribution in [1.29, 1.82) is 0 Å². The van der Waals surface area contributed by atoms with Crippen molar-refractivity contribution in [3.05, 3.63) is 60.2 Å².